The van der Waals surface area contributed by atoms with Gasteiger partial charge >= 0.3 is 0 Å². The molecule has 0 spiro atoms. The van der Waals surface area contributed by atoms with Crippen LogP contribution in [0, 0.1) is 0 Å². The van der Waals surface area contributed by atoms with Crippen molar-refractivity contribution >= 4 is 18.4 Å². The molecule has 39 heavy (non-hydrogen) atoms. The van der Waals surface area contributed by atoms with Crippen LogP contribution in [0.4, 0.5) is 0 Å². The molecule has 0 fully saturated rings. The Balaban J connectivity index is 1.18. The topological polar surface area (TPSA) is 0 Å². The Kier molecular flexibility index (Phi) is 6.83. The Morgan fingerprint density at radius 3 is 0.718 bits per heavy atom. The summed E-state index contributed by atoms with van der Waals surface area (Å²) in [5, 5.41) is 2.90. The Labute approximate surface area is 233 Å². The van der Waals surface area contributed by atoms with Crippen molar-refractivity contribution in [3.63, 3.8) is 0 Å². The highest BCUT2D eigenvalue weighted by atomic mass is 28.3. The Morgan fingerprint density at radius 1 is 0.256 bits per heavy atom. The van der Waals surface area contributed by atoms with Crippen LogP contribution in [0.25, 0.3) is 44.5 Å². The van der Waals surface area contributed by atoms with Crippen molar-refractivity contribution in [3.8, 4) is 44.5 Å². The van der Waals surface area contributed by atoms with Crippen molar-refractivity contribution < 1.29 is 0 Å². The molecule has 0 nitrogen and oxygen atoms in total. The summed E-state index contributed by atoms with van der Waals surface area (Å²) in [5.74, 6) is 0. The van der Waals surface area contributed by atoms with E-state index in [1.807, 2.05) is 0 Å². The van der Waals surface area contributed by atoms with Gasteiger partial charge in [0.05, 0.1) is 0 Å². The Bertz CT molecular complexity index is 1520. The van der Waals surface area contributed by atoms with Crippen LogP contribution >= 0.6 is 0 Å². The zero-order chi connectivity index (χ0) is 26.7. The van der Waals surface area contributed by atoms with Crippen molar-refractivity contribution in [3.05, 3.63) is 158 Å². The molecule has 0 bridgehead atoms. The van der Waals surface area contributed by atoms with E-state index >= 15 is 0 Å². The number of rotatable bonds is 6. The maximum Gasteiger partial charge on any atom is 0.112 e. The Morgan fingerprint density at radius 2 is 0.462 bits per heavy atom. The number of benzene rings is 6. The highest BCUT2D eigenvalue weighted by Crippen LogP contribution is 2.26. The van der Waals surface area contributed by atoms with E-state index in [0.29, 0.717) is 0 Å². The monoisotopic (exact) mass is 516 g/mol. The summed E-state index contributed by atoms with van der Waals surface area (Å²) in [4.78, 5) is 0. The summed E-state index contributed by atoms with van der Waals surface area (Å²) in [6.07, 6.45) is 0. The molecule has 0 aromatic heterocycles. The molecule has 6 rings (SSSR count). The van der Waals surface area contributed by atoms with Crippen molar-refractivity contribution in [2.45, 2.75) is 13.1 Å². The van der Waals surface area contributed by atoms with Gasteiger partial charge in [0.1, 0.15) is 8.07 Å². The summed E-state index contributed by atoms with van der Waals surface area (Å²) >= 11 is 0. The molecule has 0 saturated carbocycles. The minimum atomic E-state index is -1.81. The normalized spacial score (nSPS) is 11.3. The van der Waals surface area contributed by atoms with Crippen LogP contribution in [0.3, 0.4) is 0 Å². The smallest absolute Gasteiger partial charge is 0.0622 e. The largest absolute Gasteiger partial charge is 0.112 e. The van der Waals surface area contributed by atoms with Crippen LogP contribution < -0.4 is 10.4 Å². The lowest BCUT2D eigenvalue weighted by Crippen LogP contribution is -2.52. The summed E-state index contributed by atoms with van der Waals surface area (Å²) < 4.78 is 0. The third-order valence-corrected chi connectivity index (χ3v) is 11.4. The minimum Gasteiger partial charge on any atom is -0.0622 e. The lowest BCUT2D eigenvalue weighted by atomic mass is 10.0. The highest BCUT2D eigenvalue weighted by molar-refractivity contribution is 7.00. The molecule has 0 aliphatic carbocycles. The lowest BCUT2D eigenvalue weighted by molar-refractivity contribution is 1.58. The average molecular weight is 517 g/mol. The molecule has 6 aromatic carbocycles. The van der Waals surface area contributed by atoms with E-state index in [2.05, 4.69) is 171 Å². The zero-order valence-corrected chi connectivity index (χ0v) is 23.5. The molecule has 0 amide bonds. The van der Waals surface area contributed by atoms with E-state index in [1.54, 1.807) is 0 Å². The first kappa shape index (κ1) is 24.8. The molecule has 0 saturated heterocycles. The molecular formula is C38H32Si. The summed E-state index contributed by atoms with van der Waals surface area (Å²) in [5.41, 5.74) is 10.0. The van der Waals surface area contributed by atoms with Gasteiger partial charge in [0.15, 0.2) is 0 Å². The third-order valence-electron chi connectivity index (χ3n) is 7.86. The molecule has 0 aliphatic rings. The predicted molar refractivity (Wildman–Crippen MR) is 171 cm³/mol. The van der Waals surface area contributed by atoms with Gasteiger partial charge in [-0.05, 0) is 44.5 Å². The van der Waals surface area contributed by atoms with Gasteiger partial charge in [0, 0.05) is 0 Å². The molecule has 1 heteroatoms. The van der Waals surface area contributed by atoms with Crippen LogP contribution in [0.5, 0.6) is 0 Å². The van der Waals surface area contributed by atoms with Crippen LogP contribution in [-0.2, 0) is 0 Å². The van der Waals surface area contributed by atoms with Gasteiger partial charge in [-0.1, -0.05) is 181 Å². The first-order valence-corrected chi connectivity index (χ1v) is 16.6. The van der Waals surface area contributed by atoms with Gasteiger partial charge < -0.3 is 0 Å². The van der Waals surface area contributed by atoms with Gasteiger partial charge in [0.2, 0.25) is 0 Å². The van der Waals surface area contributed by atoms with E-state index < -0.39 is 8.07 Å². The lowest BCUT2D eigenvalue weighted by Gasteiger charge is -2.24. The second-order valence-electron chi connectivity index (χ2n) is 10.7. The fraction of sp³-hybridized carbons (Fsp3) is 0.0526. The maximum absolute atomic E-state index is 2.44. The second-order valence-corrected chi connectivity index (χ2v) is 15.1. The summed E-state index contributed by atoms with van der Waals surface area (Å²) in [6, 6.07) is 57.3. The average Bonchev–Trinajstić information content (AvgIpc) is 3.02. The fourth-order valence-electron chi connectivity index (χ4n) is 5.30. The van der Waals surface area contributed by atoms with Crippen LogP contribution in [0.15, 0.2) is 158 Å². The number of hydrogen-bond acceptors (Lipinski definition) is 0. The Hall–Kier alpha value is -4.46. The minimum absolute atomic E-state index is 1.25. The molecule has 0 aliphatic heterocycles. The maximum atomic E-state index is 2.44. The summed E-state index contributed by atoms with van der Waals surface area (Å²) in [6.45, 7) is 4.89. The van der Waals surface area contributed by atoms with Gasteiger partial charge in [0.25, 0.3) is 0 Å². The standard InChI is InChI=1S/C38H32Si/c1-39(2,37-25-21-35(22-26-37)33-17-13-31(14-18-33)29-9-5-3-6-10-29)38-27-23-36(24-28-38)34-19-15-32(16-20-34)30-11-7-4-8-12-30/h3-28H,1-2H3. The van der Waals surface area contributed by atoms with Crippen LogP contribution in [0.2, 0.25) is 13.1 Å². The molecule has 188 valence electrons. The molecule has 0 N–H and O–H groups in total. The molecule has 0 radical (unpaired) electrons. The molecule has 0 atom stereocenters. The van der Waals surface area contributed by atoms with E-state index in [-0.39, 0.29) is 0 Å². The fourth-order valence-corrected chi connectivity index (χ4v) is 7.63. The second kappa shape index (κ2) is 10.7. The van der Waals surface area contributed by atoms with Crippen molar-refractivity contribution in [2.75, 3.05) is 0 Å². The van der Waals surface area contributed by atoms with E-state index in [0.717, 1.165) is 0 Å². The molecule has 6 aromatic rings. The van der Waals surface area contributed by atoms with Gasteiger partial charge in [-0.3, -0.25) is 0 Å². The number of hydrogen-bond donors (Lipinski definition) is 0. The molecule has 0 heterocycles. The first-order valence-electron chi connectivity index (χ1n) is 13.6. The van der Waals surface area contributed by atoms with E-state index in [4.69, 9.17) is 0 Å². The van der Waals surface area contributed by atoms with Gasteiger partial charge in [-0.15, -0.1) is 0 Å². The third kappa shape index (κ3) is 5.27. The van der Waals surface area contributed by atoms with Crippen molar-refractivity contribution in [1.82, 2.24) is 0 Å². The SMILES string of the molecule is C[Si](C)(c1ccc(-c2ccc(-c3ccccc3)cc2)cc1)c1ccc(-c2ccc(-c3ccccc3)cc2)cc1. The predicted octanol–water partition coefficient (Wildman–Crippen LogP) is 9.18. The first-order chi connectivity index (χ1) is 19.1. The quantitative estimate of drug-likeness (QED) is 0.194. The van der Waals surface area contributed by atoms with Gasteiger partial charge in [-0.25, -0.2) is 0 Å². The van der Waals surface area contributed by atoms with Crippen LogP contribution in [-0.4, -0.2) is 8.07 Å². The zero-order valence-electron chi connectivity index (χ0n) is 22.5. The van der Waals surface area contributed by atoms with E-state index in [1.165, 1.54) is 54.9 Å². The van der Waals surface area contributed by atoms with Crippen molar-refractivity contribution in [2.24, 2.45) is 0 Å². The van der Waals surface area contributed by atoms with E-state index in [9.17, 15) is 0 Å². The van der Waals surface area contributed by atoms with Crippen molar-refractivity contribution in [1.29, 1.82) is 0 Å². The van der Waals surface area contributed by atoms with Gasteiger partial charge in [-0.2, -0.15) is 0 Å². The highest BCUT2D eigenvalue weighted by Gasteiger charge is 2.25. The molecule has 0 unspecified atom stereocenters. The molecular weight excluding hydrogens is 485 g/mol. The van der Waals surface area contributed by atoms with Crippen LogP contribution in [0.1, 0.15) is 0 Å². The summed E-state index contributed by atoms with van der Waals surface area (Å²) in [7, 11) is -1.81.